The minimum Gasteiger partial charge on any atom is -0.208 e. The van der Waals surface area contributed by atoms with E-state index in [9.17, 15) is 4.39 Å². The molecule has 0 N–H and O–H groups in total. The van der Waals surface area contributed by atoms with Crippen LogP contribution >= 0.6 is 11.6 Å². The summed E-state index contributed by atoms with van der Waals surface area (Å²) in [5, 5.41) is 0.128. The number of hydrogen-bond acceptors (Lipinski definition) is 3. The van der Waals surface area contributed by atoms with Gasteiger partial charge in [-0.25, -0.2) is 9.37 Å². The van der Waals surface area contributed by atoms with Crippen LogP contribution in [0.4, 0.5) is 4.39 Å². The van der Waals surface area contributed by atoms with Gasteiger partial charge in [0.05, 0.1) is 0 Å². The first-order valence-electron chi connectivity index (χ1n) is 8.03. The van der Waals surface area contributed by atoms with Crippen LogP contribution in [-0.4, -0.2) is 15.0 Å². The third kappa shape index (κ3) is 3.32. The van der Waals surface area contributed by atoms with Crippen molar-refractivity contribution >= 4 is 11.6 Å². The number of aromatic nitrogens is 3. The Balaban J connectivity index is 1.86. The van der Waals surface area contributed by atoms with Crippen molar-refractivity contribution in [3.05, 3.63) is 90.0 Å². The fourth-order valence-corrected chi connectivity index (χ4v) is 2.91. The van der Waals surface area contributed by atoms with Crippen LogP contribution in [0.5, 0.6) is 0 Å². The van der Waals surface area contributed by atoms with Crippen molar-refractivity contribution in [2.24, 2.45) is 0 Å². The Morgan fingerprint density at radius 2 is 1.19 bits per heavy atom. The molecule has 0 saturated carbocycles. The van der Waals surface area contributed by atoms with Crippen LogP contribution in [0.3, 0.4) is 0 Å². The average Bonchev–Trinajstić information content (AvgIpc) is 2.69. The normalized spacial score (nSPS) is 10.7. The Bertz CT molecular complexity index is 1050. The molecule has 26 heavy (non-hydrogen) atoms. The summed E-state index contributed by atoms with van der Waals surface area (Å²) < 4.78 is 13.3. The quantitative estimate of drug-likeness (QED) is 0.472. The fourth-order valence-electron chi connectivity index (χ4n) is 2.75. The minimum atomic E-state index is -0.277. The molecule has 0 fully saturated rings. The van der Waals surface area contributed by atoms with Crippen molar-refractivity contribution in [1.29, 1.82) is 0 Å². The topological polar surface area (TPSA) is 38.7 Å². The molecule has 0 spiro atoms. The van der Waals surface area contributed by atoms with E-state index in [-0.39, 0.29) is 11.1 Å². The molecule has 5 heteroatoms. The van der Waals surface area contributed by atoms with Crippen LogP contribution in [0.15, 0.2) is 78.9 Å². The summed E-state index contributed by atoms with van der Waals surface area (Å²) in [5.41, 5.74) is 3.44. The fraction of sp³-hybridized carbons (Fsp3) is 0. The molecule has 0 radical (unpaired) electrons. The Hall–Kier alpha value is -3.11. The molecule has 126 valence electrons. The zero-order chi connectivity index (χ0) is 17.9. The van der Waals surface area contributed by atoms with Gasteiger partial charge in [0.2, 0.25) is 5.28 Å². The molecular weight excluding hydrogens is 349 g/mol. The lowest BCUT2D eigenvalue weighted by atomic mass is 9.99. The summed E-state index contributed by atoms with van der Waals surface area (Å²) in [6, 6.07) is 23.6. The lowest BCUT2D eigenvalue weighted by molar-refractivity contribution is 0.628. The first-order valence-corrected chi connectivity index (χ1v) is 8.41. The van der Waals surface area contributed by atoms with E-state index in [1.54, 1.807) is 12.1 Å². The highest BCUT2D eigenvalue weighted by molar-refractivity contribution is 6.28. The first-order chi connectivity index (χ1) is 12.7. The molecule has 0 aliphatic rings. The molecular formula is C21H13ClFN3. The third-order valence-corrected chi connectivity index (χ3v) is 4.13. The van der Waals surface area contributed by atoms with E-state index in [4.69, 9.17) is 11.6 Å². The monoisotopic (exact) mass is 361 g/mol. The van der Waals surface area contributed by atoms with E-state index >= 15 is 0 Å². The van der Waals surface area contributed by atoms with Crippen LogP contribution < -0.4 is 0 Å². The maximum absolute atomic E-state index is 13.3. The van der Waals surface area contributed by atoms with Gasteiger partial charge in [-0.2, -0.15) is 9.97 Å². The molecule has 3 nitrogen and oxygen atoms in total. The van der Waals surface area contributed by atoms with Crippen LogP contribution in [-0.2, 0) is 0 Å². The summed E-state index contributed by atoms with van der Waals surface area (Å²) in [4.78, 5) is 13.1. The van der Waals surface area contributed by atoms with Gasteiger partial charge in [-0.15, -0.1) is 0 Å². The summed E-state index contributed by atoms with van der Waals surface area (Å²) >= 11 is 6.16. The maximum atomic E-state index is 13.3. The molecule has 4 rings (SSSR count). The van der Waals surface area contributed by atoms with Gasteiger partial charge in [0.1, 0.15) is 5.82 Å². The largest absolute Gasteiger partial charge is 0.226 e. The van der Waals surface area contributed by atoms with Crippen LogP contribution in [0.25, 0.3) is 33.9 Å². The average molecular weight is 362 g/mol. The van der Waals surface area contributed by atoms with E-state index in [1.165, 1.54) is 12.1 Å². The standard InChI is InChI=1S/C21H13ClFN3/c22-21-25-19(15-6-2-1-3-7-15)24-20(26-21)18-9-5-4-8-17(18)14-10-12-16(23)13-11-14/h1-13H. The molecule has 0 unspecified atom stereocenters. The molecule has 0 bridgehead atoms. The molecule has 0 atom stereocenters. The zero-order valence-corrected chi connectivity index (χ0v) is 14.4. The van der Waals surface area contributed by atoms with Gasteiger partial charge in [0, 0.05) is 11.1 Å². The van der Waals surface area contributed by atoms with Crippen molar-refractivity contribution in [2.75, 3.05) is 0 Å². The van der Waals surface area contributed by atoms with Crippen molar-refractivity contribution in [1.82, 2.24) is 15.0 Å². The second-order valence-corrected chi connectivity index (χ2v) is 6.01. The lowest BCUT2D eigenvalue weighted by Gasteiger charge is -2.10. The Labute approximate surface area is 155 Å². The number of hydrogen-bond donors (Lipinski definition) is 0. The smallest absolute Gasteiger partial charge is 0.208 e. The first kappa shape index (κ1) is 16.4. The summed E-state index contributed by atoms with van der Waals surface area (Å²) in [6.07, 6.45) is 0. The predicted molar refractivity (Wildman–Crippen MR) is 101 cm³/mol. The second-order valence-electron chi connectivity index (χ2n) is 5.67. The van der Waals surface area contributed by atoms with E-state index in [1.807, 2.05) is 54.6 Å². The van der Waals surface area contributed by atoms with Crippen LogP contribution in [0.2, 0.25) is 5.28 Å². The van der Waals surface area contributed by atoms with Crippen molar-refractivity contribution in [2.45, 2.75) is 0 Å². The van der Waals surface area contributed by atoms with Gasteiger partial charge in [-0.3, -0.25) is 0 Å². The highest BCUT2D eigenvalue weighted by atomic mass is 35.5. The maximum Gasteiger partial charge on any atom is 0.226 e. The lowest BCUT2D eigenvalue weighted by Crippen LogP contribution is -1.98. The summed E-state index contributed by atoms with van der Waals surface area (Å²) in [6.45, 7) is 0. The van der Waals surface area contributed by atoms with Gasteiger partial charge >= 0.3 is 0 Å². The SMILES string of the molecule is Fc1ccc(-c2ccccc2-c2nc(Cl)nc(-c3ccccc3)n2)cc1. The highest BCUT2D eigenvalue weighted by Crippen LogP contribution is 2.31. The molecule has 0 saturated heterocycles. The van der Waals surface area contributed by atoms with E-state index in [0.29, 0.717) is 11.6 Å². The van der Waals surface area contributed by atoms with Gasteiger partial charge in [-0.05, 0) is 34.9 Å². The number of rotatable bonds is 3. The minimum absolute atomic E-state index is 0.128. The molecule has 3 aromatic carbocycles. The van der Waals surface area contributed by atoms with Gasteiger partial charge in [-0.1, -0.05) is 66.7 Å². The molecule has 1 aromatic heterocycles. The number of nitrogens with zero attached hydrogens (tertiary/aromatic N) is 3. The summed E-state index contributed by atoms with van der Waals surface area (Å²) in [5.74, 6) is 0.707. The van der Waals surface area contributed by atoms with Crippen molar-refractivity contribution in [3.63, 3.8) is 0 Å². The Morgan fingerprint density at radius 3 is 1.92 bits per heavy atom. The molecule has 4 aromatic rings. The van der Waals surface area contributed by atoms with Crippen molar-refractivity contribution in [3.8, 4) is 33.9 Å². The van der Waals surface area contributed by atoms with E-state index in [0.717, 1.165) is 22.3 Å². The highest BCUT2D eigenvalue weighted by Gasteiger charge is 2.13. The third-order valence-electron chi connectivity index (χ3n) is 3.96. The van der Waals surface area contributed by atoms with Gasteiger partial charge < -0.3 is 0 Å². The number of halogens is 2. The van der Waals surface area contributed by atoms with E-state index in [2.05, 4.69) is 15.0 Å². The predicted octanol–water partition coefficient (Wildman–Crippen LogP) is 5.67. The molecule has 0 amide bonds. The Morgan fingerprint density at radius 1 is 0.577 bits per heavy atom. The molecule has 0 aliphatic carbocycles. The van der Waals surface area contributed by atoms with Crippen LogP contribution in [0, 0.1) is 5.82 Å². The molecule has 1 heterocycles. The summed E-state index contributed by atoms with van der Waals surface area (Å²) in [7, 11) is 0. The Kier molecular flexibility index (Phi) is 4.42. The van der Waals surface area contributed by atoms with Gasteiger partial charge in [0.15, 0.2) is 11.6 Å². The molecule has 0 aliphatic heterocycles. The number of benzene rings is 3. The van der Waals surface area contributed by atoms with Crippen molar-refractivity contribution < 1.29 is 4.39 Å². The zero-order valence-electron chi connectivity index (χ0n) is 13.6. The second kappa shape index (κ2) is 7.02. The van der Waals surface area contributed by atoms with Crippen LogP contribution in [0.1, 0.15) is 0 Å². The van der Waals surface area contributed by atoms with Gasteiger partial charge in [0.25, 0.3) is 0 Å². The van der Waals surface area contributed by atoms with E-state index < -0.39 is 0 Å².